The predicted molar refractivity (Wildman–Crippen MR) is 39.5 cm³/mol. The molecule has 0 rings (SSSR count). The van der Waals surface area contributed by atoms with Gasteiger partial charge in [-0.25, -0.2) is 0 Å². The SMILES string of the molecule is CC(C)OCCCBr. The van der Waals surface area contributed by atoms with Crippen LogP contribution in [0.2, 0.25) is 0 Å². The fourth-order valence-electron chi connectivity index (χ4n) is 0.374. The van der Waals surface area contributed by atoms with Crippen LogP contribution < -0.4 is 0 Å². The number of hydrogen-bond acceptors (Lipinski definition) is 1. The molecule has 0 radical (unpaired) electrons. The summed E-state index contributed by atoms with van der Waals surface area (Å²) in [5.74, 6) is 0. The van der Waals surface area contributed by atoms with E-state index in [9.17, 15) is 0 Å². The highest BCUT2D eigenvalue weighted by atomic mass is 79.9. The minimum Gasteiger partial charge on any atom is -0.379 e. The lowest BCUT2D eigenvalue weighted by molar-refractivity contribution is 0.0801. The van der Waals surface area contributed by atoms with Crippen LogP contribution in [0.3, 0.4) is 0 Å². The maximum absolute atomic E-state index is 5.25. The number of alkyl halides is 1. The van der Waals surface area contributed by atoms with Gasteiger partial charge in [-0.15, -0.1) is 0 Å². The van der Waals surface area contributed by atoms with Gasteiger partial charge in [0, 0.05) is 11.9 Å². The molecular weight excluding hydrogens is 168 g/mol. The van der Waals surface area contributed by atoms with Gasteiger partial charge in [0.2, 0.25) is 0 Å². The molecule has 0 spiro atoms. The van der Waals surface area contributed by atoms with Crippen molar-refractivity contribution in [1.82, 2.24) is 0 Å². The van der Waals surface area contributed by atoms with Crippen LogP contribution >= 0.6 is 15.9 Å². The second kappa shape index (κ2) is 5.57. The van der Waals surface area contributed by atoms with Gasteiger partial charge in [-0.3, -0.25) is 0 Å². The van der Waals surface area contributed by atoms with Crippen molar-refractivity contribution in [2.45, 2.75) is 26.4 Å². The molecule has 0 amide bonds. The van der Waals surface area contributed by atoms with Gasteiger partial charge in [-0.1, -0.05) is 15.9 Å². The van der Waals surface area contributed by atoms with Crippen LogP contribution in [0.5, 0.6) is 0 Å². The third-order valence-corrected chi connectivity index (χ3v) is 1.29. The highest BCUT2D eigenvalue weighted by Gasteiger charge is 1.89. The van der Waals surface area contributed by atoms with Gasteiger partial charge in [0.25, 0.3) is 0 Å². The van der Waals surface area contributed by atoms with E-state index in [1.54, 1.807) is 0 Å². The normalized spacial score (nSPS) is 10.5. The van der Waals surface area contributed by atoms with Crippen LogP contribution in [0.4, 0.5) is 0 Å². The van der Waals surface area contributed by atoms with Gasteiger partial charge < -0.3 is 4.74 Å². The highest BCUT2D eigenvalue weighted by Crippen LogP contribution is 1.92. The molecule has 2 heteroatoms. The van der Waals surface area contributed by atoms with Crippen molar-refractivity contribution in [1.29, 1.82) is 0 Å². The summed E-state index contributed by atoms with van der Waals surface area (Å²) < 4.78 is 5.25. The predicted octanol–water partition coefficient (Wildman–Crippen LogP) is 2.20. The van der Waals surface area contributed by atoms with Crippen molar-refractivity contribution < 1.29 is 4.74 Å². The average Bonchev–Trinajstić information content (AvgIpc) is 1.66. The van der Waals surface area contributed by atoms with Crippen molar-refractivity contribution in [2.24, 2.45) is 0 Å². The Bertz CT molecular complexity index is 45.8. The zero-order valence-electron chi connectivity index (χ0n) is 5.48. The summed E-state index contributed by atoms with van der Waals surface area (Å²) in [6, 6.07) is 0. The van der Waals surface area contributed by atoms with Gasteiger partial charge in [0.1, 0.15) is 0 Å². The van der Waals surface area contributed by atoms with Gasteiger partial charge in [0.15, 0.2) is 0 Å². The quantitative estimate of drug-likeness (QED) is 0.477. The van der Waals surface area contributed by atoms with E-state index in [1.807, 2.05) is 13.8 Å². The summed E-state index contributed by atoms with van der Waals surface area (Å²) in [4.78, 5) is 0. The van der Waals surface area contributed by atoms with E-state index in [0.29, 0.717) is 6.10 Å². The van der Waals surface area contributed by atoms with E-state index in [0.717, 1.165) is 18.4 Å². The molecule has 50 valence electrons. The second-order valence-corrected chi connectivity index (χ2v) is 2.76. The minimum absolute atomic E-state index is 0.383. The number of rotatable bonds is 4. The first-order valence-electron chi connectivity index (χ1n) is 2.95. The van der Waals surface area contributed by atoms with Crippen LogP contribution in [0, 0.1) is 0 Å². The molecule has 8 heavy (non-hydrogen) atoms. The Hall–Kier alpha value is 0.440. The molecular formula is C6H13BrO. The maximum atomic E-state index is 5.25. The first-order chi connectivity index (χ1) is 3.77. The Labute approximate surface area is 59.5 Å². The Morgan fingerprint density at radius 1 is 1.50 bits per heavy atom. The molecule has 0 bridgehead atoms. The molecule has 1 nitrogen and oxygen atoms in total. The van der Waals surface area contributed by atoms with Gasteiger partial charge in [-0.2, -0.15) is 0 Å². The third-order valence-electron chi connectivity index (χ3n) is 0.729. The first kappa shape index (κ1) is 8.44. The molecule has 0 aromatic rings. The zero-order chi connectivity index (χ0) is 6.41. The lowest BCUT2D eigenvalue weighted by Crippen LogP contribution is -2.03. The Balaban J connectivity index is 2.72. The average molecular weight is 181 g/mol. The molecule has 0 atom stereocenters. The number of hydrogen-bond donors (Lipinski definition) is 0. The molecule has 0 aromatic carbocycles. The zero-order valence-corrected chi connectivity index (χ0v) is 7.07. The first-order valence-corrected chi connectivity index (χ1v) is 4.07. The summed E-state index contributed by atoms with van der Waals surface area (Å²) in [5.41, 5.74) is 0. The Kier molecular flexibility index (Phi) is 5.88. The third kappa shape index (κ3) is 6.44. The summed E-state index contributed by atoms with van der Waals surface area (Å²) in [6.07, 6.45) is 1.49. The lowest BCUT2D eigenvalue weighted by atomic mass is 10.4. The van der Waals surface area contributed by atoms with Crippen molar-refractivity contribution in [3.05, 3.63) is 0 Å². The van der Waals surface area contributed by atoms with Crippen molar-refractivity contribution >= 4 is 15.9 Å². The summed E-state index contributed by atoms with van der Waals surface area (Å²) >= 11 is 3.32. The largest absolute Gasteiger partial charge is 0.379 e. The standard InChI is InChI=1S/C6H13BrO/c1-6(2)8-5-3-4-7/h6H,3-5H2,1-2H3. The van der Waals surface area contributed by atoms with E-state index in [2.05, 4.69) is 15.9 Å². The van der Waals surface area contributed by atoms with E-state index >= 15 is 0 Å². The maximum Gasteiger partial charge on any atom is 0.0518 e. The van der Waals surface area contributed by atoms with Crippen molar-refractivity contribution in [3.8, 4) is 0 Å². The van der Waals surface area contributed by atoms with Crippen LogP contribution in [0.1, 0.15) is 20.3 Å². The summed E-state index contributed by atoms with van der Waals surface area (Å²) in [5, 5.41) is 1.04. The van der Waals surface area contributed by atoms with E-state index < -0.39 is 0 Å². The molecule has 0 aliphatic heterocycles. The molecule has 0 saturated carbocycles. The molecule has 0 unspecified atom stereocenters. The fraction of sp³-hybridized carbons (Fsp3) is 1.00. The fourth-order valence-corrected chi connectivity index (χ4v) is 0.603. The molecule has 0 fully saturated rings. The van der Waals surface area contributed by atoms with Crippen LogP contribution in [0.25, 0.3) is 0 Å². The Morgan fingerprint density at radius 3 is 2.50 bits per heavy atom. The molecule has 0 aliphatic rings. The Morgan fingerprint density at radius 2 is 2.12 bits per heavy atom. The second-order valence-electron chi connectivity index (χ2n) is 1.96. The van der Waals surface area contributed by atoms with Crippen LogP contribution in [-0.4, -0.2) is 18.0 Å². The molecule has 0 aliphatic carbocycles. The van der Waals surface area contributed by atoms with Crippen molar-refractivity contribution in [2.75, 3.05) is 11.9 Å². The monoisotopic (exact) mass is 180 g/mol. The minimum atomic E-state index is 0.383. The van der Waals surface area contributed by atoms with Crippen molar-refractivity contribution in [3.63, 3.8) is 0 Å². The molecule has 0 aromatic heterocycles. The van der Waals surface area contributed by atoms with E-state index in [4.69, 9.17) is 4.74 Å². The summed E-state index contributed by atoms with van der Waals surface area (Å²) in [7, 11) is 0. The smallest absolute Gasteiger partial charge is 0.0518 e. The van der Waals surface area contributed by atoms with Crippen LogP contribution in [0.15, 0.2) is 0 Å². The van der Waals surface area contributed by atoms with Gasteiger partial charge in [-0.05, 0) is 20.3 Å². The van der Waals surface area contributed by atoms with Gasteiger partial charge in [0.05, 0.1) is 6.10 Å². The van der Waals surface area contributed by atoms with E-state index in [1.165, 1.54) is 0 Å². The molecule has 0 heterocycles. The van der Waals surface area contributed by atoms with Crippen LogP contribution in [-0.2, 0) is 4.74 Å². The lowest BCUT2D eigenvalue weighted by Gasteiger charge is -2.04. The number of halogens is 1. The molecule has 0 saturated heterocycles. The summed E-state index contributed by atoms with van der Waals surface area (Å²) in [6.45, 7) is 4.98. The topological polar surface area (TPSA) is 9.23 Å². The highest BCUT2D eigenvalue weighted by molar-refractivity contribution is 9.09. The van der Waals surface area contributed by atoms with Gasteiger partial charge >= 0.3 is 0 Å². The molecule has 0 N–H and O–H groups in total. The number of ether oxygens (including phenoxy) is 1. The van der Waals surface area contributed by atoms with E-state index in [-0.39, 0.29) is 0 Å².